The van der Waals surface area contributed by atoms with Crippen molar-refractivity contribution in [1.29, 1.82) is 0 Å². The van der Waals surface area contributed by atoms with E-state index in [1.54, 1.807) is 22.8 Å². The van der Waals surface area contributed by atoms with Crippen molar-refractivity contribution in [3.05, 3.63) is 53.9 Å². The van der Waals surface area contributed by atoms with E-state index in [1.807, 2.05) is 39.0 Å². The van der Waals surface area contributed by atoms with Gasteiger partial charge < -0.3 is 20.8 Å². The predicted octanol–water partition coefficient (Wildman–Crippen LogP) is 3.23. The number of aryl methyl sites for hydroxylation is 1. The molecule has 1 aromatic carbocycles. The highest BCUT2D eigenvalue weighted by molar-refractivity contribution is 6.01. The molecule has 4 N–H and O–H groups in total. The number of fused-ring (bicyclic) bond motifs is 1. The number of phenols is 1. The number of nitrogens with one attached hydrogen (secondary N) is 2. The zero-order chi connectivity index (χ0) is 20.3. The first kappa shape index (κ1) is 19.7. The number of hydrogen-bond donors (Lipinski definition) is 4. The summed E-state index contributed by atoms with van der Waals surface area (Å²) < 4.78 is 1.64. The molecular weight excluding hydrogens is 356 g/mol. The maximum Gasteiger partial charge on any atom is 0.255 e. The van der Waals surface area contributed by atoms with Crippen LogP contribution in [0.3, 0.4) is 0 Å². The Kier molecular flexibility index (Phi) is 5.56. The molecule has 7 nitrogen and oxygen atoms in total. The lowest BCUT2D eigenvalue weighted by Crippen LogP contribution is -2.37. The summed E-state index contributed by atoms with van der Waals surface area (Å²) in [4.78, 5) is 12.7. The second-order valence-electron chi connectivity index (χ2n) is 7.49. The van der Waals surface area contributed by atoms with E-state index < -0.39 is 0 Å². The molecule has 3 aromatic rings. The highest BCUT2D eigenvalue weighted by Gasteiger charge is 2.23. The molecular formula is C21H26N4O3. The third-order valence-corrected chi connectivity index (χ3v) is 5.03. The molecule has 0 spiro atoms. The summed E-state index contributed by atoms with van der Waals surface area (Å²) in [5.41, 5.74) is 3.26. The average Bonchev–Trinajstić information content (AvgIpc) is 3.08. The zero-order valence-electron chi connectivity index (χ0n) is 16.4. The van der Waals surface area contributed by atoms with Crippen LogP contribution in [0.1, 0.15) is 36.2 Å². The normalized spacial score (nSPS) is 13.3. The Bertz CT molecular complexity index is 972. The van der Waals surface area contributed by atoms with E-state index >= 15 is 0 Å². The second kappa shape index (κ2) is 7.90. The number of anilines is 2. The predicted molar refractivity (Wildman–Crippen MR) is 109 cm³/mol. The fourth-order valence-corrected chi connectivity index (χ4v) is 2.92. The SMILES string of the molecule is CCC(C)(CO)CNC(=O)c1cnn2ccc(Nc3cc(C)cc(O)c3)cc12. The van der Waals surface area contributed by atoms with Crippen LogP contribution in [0.15, 0.2) is 42.7 Å². The summed E-state index contributed by atoms with van der Waals surface area (Å²) in [6, 6.07) is 8.94. The highest BCUT2D eigenvalue weighted by atomic mass is 16.3. The first-order chi connectivity index (χ1) is 13.3. The van der Waals surface area contributed by atoms with Crippen molar-refractivity contribution in [2.75, 3.05) is 18.5 Å². The van der Waals surface area contributed by atoms with Gasteiger partial charge in [-0.05, 0) is 43.2 Å². The van der Waals surface area contributed by atoms with Crippen LogP contribution in [0.5, 0.6) is 5.75 Å². The number of amides is 1. The van der Waals surface area contributed by atoms with E-state index in [4.69, 9.17) is 0 Å². The summed E-state index contributed by atoms with van der Waals surface area (Å²) in [5, 5.41) is 29.7. The number of carbonyl (C=O) groups is 1. The third-order valence-electron chi connectivity index (χ3n) is 5.03. The molecule has 0 aliphatic carbocycles. The smallest absolute Gasteiger partial charge is 0.255 e. The molecule has 0 saturated carbocycles. The molecule has 0 saturated heterocycles. The number of carbonyl (C=O) groups excluding carboxylic acids is 1. The third kappa shape index (κ3) is 4.26. The Hall–Kier alpha value is -3.06. The van der Waals surface area contributed by atoms with Crippen LogP contribution in [0.4, 0.5) is 11.4 Å². The van der Waals surface area contributed by atoms with Gasteiger partial charge in [0.15, 0.2) is 0 Å². The minimum atomic E-state index is -0.349. The fourth-order valence-electron chi connectivity index (χ4n) is 2.92. The monoisotopic (exact) mass is 382 g/mol. The number of aromatic hydroxyl groups is 1. The molecule has 148 valence electrons. The molecule has 0 aliphatic rings. The zero-order valence-corrected chi connectivity index (χ0v) is 16.4. The fraction of sp³-hybridized carbons (Fsp3) is 0.333. The number of phenolic OH excluding ortho intramolecular Hbond substituents is 1. The molecule has 0 fully saturated rings. The first-order valence-corrected chi connectivity index (χ1v) is 9.28. The Balaban J connectivity index is 1.83. The summed E-state index contributed by atoms with van der Waals surface area (Å²) in [7, 11) is 0. The molecule has 0 aliphatic heterocycles. The Morgan fingerprint density at radius 3 is 2.71 bits per heavy atom. The van der Waals surface area contributed by atoms with Crippen molar-refractivity contribution in [2.45, 2.75) is 27.2 Å². The highest BCUT2D eigenvalue weighted by Crippen LogP contribution is 2.25. The topological polar surface area (TPSA) is 98.9 Å². The number of pyridine rings is 1. The van der Waals surface area contributed by atoms with E-state index in [9.17, 15) is 15.0 Å². The summed E-state index contributed by atoms with van der Waals surface area (Å²) in [6.07, 6.45) is 4.07. The number of nitrogens with zero attached hydrogens (tertiary/aromatic N) is 2. The van der Waals surface area contributed by atoms with Gasteiger partial charge in [0, 0.05) is 35.6 Å². The maximum absolute atomic E-state index is 12.7. The van der Waals surface area contributed by atoms with E-state index in [0.29, 0.717) is 17.6 Å². The molecule has 2 aromatic heterocycles. The summed E-state index contributed by atoms with van der Waals surface area (Å²) in [6.45, 7) is 6.22. The summed E-state index contributed by atoms with van der Waals surface area (Å²) >= 11 is 0. The number of benzene rings is 1. The molecule has 7 heteroatoms. The van der Waals surface area contributed by atoms with E-state index in [0.717, 1.165) is 23.4 Å². The molecule has 0 radical (unpaired) electrons. The quantitative estimate of drug-likeness (QED) is 0.503. The number of aliphatic hydroxyl groups excluding tert-OH is 1. The Morgan fingerprint density at radius 1 is 1.25 bits per heavy atom. The van der Waals surface area contributed by atoms with Gasteiger partial charge in [0.05, 0.1) is 23.9 Å². The van der Waals surface area contributed by atoms with Crippen molar-refractivity contribution in [2.24, 2.45) is 5.41 Å². The van der Waals surface area contributed by atoms with Crippen molar-refractivity contribution < 1.29 is 15.0 Å². The van der Waals surface area contributed by atoms with Crippen LogP contribution in [0.2, 0.25) is 0 Å². The maximum atomic E-state index is 12.7. The average molecular weight is 382 g/mol. The van der Waals surface area contributed by atoms with Gasteiger partial charge >= 0.3 is 0 Å². The molecule has 1 atom stereocenters. The lowest BCUT2D eigenvalue weighted by molar-refractivity contribution is 0.0892. The van der Waals surface area contributed by atoms with Gasteiger partial charge in [0.25, 0.3) is 5.91 Å². The standard InChI is InChI=1S/C21H26N4O3/c1-4-21(3,13-26)12-22-20(28)18-11-23-25-6-5-15(10-19(18)25)24-16-7-14(2)8-17(27)9-16/h5-11,24,26-27H,4,12-13H2,1-3H3,(H,22,28). The van der Waals surface area contributed by atoms with Gasteiger partial charge in [-0.25, -0.2) is 4.52 Å². The minimum Gasteiger partial charge on any atom is -0.508 e. The van der Waals surface area contributed by atoms with E-state index in [1.165, 1.54) is 6.20 Å². The van der Waals surface area contributed by atoms with Crippen molar-refractivity contribution in [1.82, 2.24) is 14.9 Å². The lowest BCUT2D eigenvalue weighted by atomic mass is 9.88. The van der Waals surface area contributed by atoms with Crippen molar-refractivity contribution in [3.8, 4) is 5.75 Å². The lowest BCUT2D eigenvalue weighted by Gasteiger charge is -2.25. The molecule has 2 heterocycles. The number of aliphatic hydroxyl groups is 1. The van der Waals surface area contributed by atoms with Gasteiger partial charge in [-0.3, -0.25) is 4.79 Å². The number of aromatic nitrogens is 2. The number of hydrogen-bond acceptors (Lipinski definition) is 5. The molecule has 1 amide bonds. The van der Waals surface area contributed by atoms with Crippen LogP contribution < -0.4 is 10.6 Å². The summed E-state index contributed by atoms with van der Waals surface area (Å²) in [5.74, 6) is -0.0377. The van der Waals surface area contributed by atoms with Crippen LogP contribution in [0.25, 0.3) is 5.52 Å². The van der Waals surface area contributed by atoms with Crippen LogP contribution in [-0.4, -0.2) is 38.9 Å². The van der Waals surface area contributed by atoms with Gasteiger partial charge in [-0.1, -0.05) is 13.8 Å². The largest absolute Gasteiger partial charge is 0.508 e. The van der Waals surface area contributed by atoms with Crippen LogP contribution in [0, 0.1) is 12.3 Å². The number of rotatable bonds is 7. The second-order valence-corrected chi connectivity index (χ2v) is 7.49. The van der Waals surface area contributed by atoms with E-state index in [2.05, 4.69) is 15.7 Å². The van der Waals surface area contributed by atoms with Gasteiger partial charge in [-0.15, -0.1) is 0 Å². The van der Waals surface area contributed by atoms with E-state index in [-0.39, 0.29) is 23.7 Å². The van der Waals surface area contributed by atoms with Crippen molar-refractivity contribution >= 4 is 22.8 Å². The van der Waals surface area contributed by atoms with Gasteiger partial charge in [0.1, 0.15) is 5.75 Å². The molecule has 28 heavy (non-hydrogen) atoms. The van der Waals surface area contributed by atoms with Crippen LogP contribution in [-0.2, 0) is 0 Å². The Labute approximate surface area is 164 Å². The van der Waals surface area contributed by atoms with Crippen molar-refractivity contribution in [3.63, 3.8) is 0 Å². The first-order valence-electron chi connectivity index (χ1n) is 9.28. The molecule has 3 rings (SSSR count). The van der Waals surface area contributed by atoms with Crippen LogP contribution >= 0.6 is 0 Å². The molecule has 0 bridgehead atoms. The van der Waals surface area contributed by atoms with Gasteiger partial charge in [-0.2, -0.15) is 5.10 Å². The Morgan fingerprint density at radius 2 is 2.04 bits per heavy atom. The molecule has 1 unspecified atom stereocenters. The minimum absolute atomic E-state index is 0.00987. The van der Waals surface area contributed by atoms with Gasteiger partial charge in [0.2, 0.25) is 0 Å².